The first-order chi connectivity index (χ1) is 8.76. The third kappa shape index (κ3) is 2.34. The molecule has 1 aromatic heterocycles. The van der Waals surface area contributed by atoms with E-state index in [4.69, 9.17) is 9.47 Å². The van der Waals surface area contributed by atoms with Gasteiger partial charge in [-0.05, 0) is 31.2 Å². The summed E-state index contributed by atoms with van der Waals surface area (Å²) < 4.78 is 10.1. The lowest BCUT2D eigenvalue weighted by molar-refractivity contribution is 0.0527. The third-order valence-corrected chi connectivity index (χ3v) is 2.51. The fraction of sp³-hybridized carbons (Fsp3) is 0.231. The molecule has 1 N–H and O–H groups in total. The molecule has 0 saturated carbocycles. The molecule has 0 saturated heterocycles. The molecule has 5 heteroatoms. The lowest BCUT2D eigenvalue weighted by Crippen LogP contribution is -2.04. The number of benzene rings is 1. The monoisotopic (exact) mass is 246 g/mol. The number of nitrogens with one attached hydrogen (secondary N) is 1. The van der Waals surface area contributed by atoms with Crippen molar-refractivity contribution < 1.29 is 14.3 Å². The van der Waals surface area contributed by atoms with Crippen LogP contribution < -0.4 is 4.74 Å². The number of hydrogen-bond donors (Lipinski definition) is 1. The molecule has 0 unspecified atom stereocenters. The molecule has 1 heterocycles. The Kier molecular flexibility index (Phi) is 3.62. The summed E-state index contributed by atoms with van der Waals surface area (Å²) in [4.78, 5) is 11.7. The SMILES string of the molecule is CCOC(=O)c1cn[nH]c1-c1ccc(OC)cc1. The van der Waals surface area contributed by atoms with Crippen LogP contribution in [0.15, 0.2) is 30.5 Å². The number of aromatic amines is 1. The van der Waals surface area contributed by atoms with E-state index < -0.39 is 0 Å². The zero-order chi connectivity index (χ0) is 13.0. The van der Waals surface area contributed by atoms with Gasteiger partial charge >= 0.3 is 5.97 Å². The molecule has 0 spiro atoms. The summed E-state index contributed by atoms with van der Waals surface area (Å²) in [6.45, 7) is 2.11. The van der Waals surface area contributed by atoms with Gasteiger partial charge in [0.25, 0.3) is 0 Å². The molecule has 0 bridgehead atoms. The lowest BCUT2D eigenvalue weighted by Gasteiger charge is -2.04. The molecule has 18 heavy (non-hydrogen) atoms. The maximum absolute atomic E-state index is 11.7. The smallest absolute Gasteiger partial charge is 0.341 e. The first-order valence-corrected chi connectivity index (χ1v) is 5.61. The van der Waals surface area contributed by atoms with Gasteiger partial charge in [0.1, 0.15) is 11.3 Å². The van der Waals surface area contributed by atoms with Crippen LogP contribution in [0, 0.1) is 0 Å². The van der Waals surface area contributed by atoms with Gasteiger partial charge in [-0.1, -0.05) is 0 Å². The third-order valence-electron chi connectivity index (χ3n) is 2.51. The Labute approximate surface area is 105 Å². The number of methoxy groups -OCH3 is 1. The average Bonchev–Trinajstić information content (AvgIpc) is 2.88. The van der Waals surface area contributed by atoms with E-state index in [1.165, 1.54) is 6.20 Å². The van der Waals surface area contributed by atoms with Gasteiger partial charge in [-0.15, -0.1) is 0 Å². The highest BCUT2D eigenvalue weighted by Gasteiger charge is 2.15. The van der Waals surface area contributed by atoms with Gasteiger partial charge in [0.2, 0.25) is 0 Å². The molecule has 0 atom stereocenters. The molecule has 2 rings (SSSR count). The van der Waals surface area contributed by atoms with Crippen LogP contribution in [0.4, 0.5) is 0 Å². The van der Waals surface area contributed by atoms with E-state index >= 15 is 0 Å². The molecule has 0 fully saturated rings. The number of esters is 1. The highest BCUT2D eigenvalue weighted by atomic mass is 16.5. The molecule has 0 aliphatic carbocycles. The van der Waals surface area contributed by atoms with E-state index in [2.05, 4.69) is 10.2 Å². The molecule has 0 aliphatic rings. The number of rotatable bonds is 4. The summed E-state index contributed by atoms with van der Waals surface area (Å²) in [5, 5.41) is 6.69. The minimum atomic E-state index is -0.378. The van der Waals surface area contributed by atoms with E-state index in [0.717, 1.165) is 11.3 Å². The van der Waals surface area contributed by atoms with E-state index in [-0.39, 0.29) is 5.97 Å². The van der Waals surface area contributed by atoms with E-state index in [0.29, 0.717) is 17.9 Å². The Morgan fingerprint density at radius 3 is 2.67 bits per heavy atom. The second kappa shape index (κ2) is 5.35. The highest BCUT2D eigenvalue weighted by Crippen LogP contribution is 2.24. The van der Waals surface area contributed by atoms with Crippen LogP contribution in [-0.2, 0) is 4.74 Å². The number of hydrogen-bond acceptors (Lipinski definition) is 4. The fourth-order valence-electron chi connectivity index (χ4n) is 1.63. The van der Waals surface area contributed by atoms with Crippen molar-refractivity contribution in [3.63, 3.8) is 0 Å². The Hall–Kier alpha value is -2.30. The van der Waals surface area contributed by atoms with Crippen molar-refractivity contribution in [1.29, 1.82) is 0 Å². The number of nitrogens with zero attached hydrogens (tertiary/aromatic N) is 1. The molecule has 0 amide bonds. The first kappa shape index (κ1) is 12.2. The minimum Gasteiger partial charge on any atom is -0.497 e. The summed E-state index contributed by atoms with van der Waals surface area (Å²) in [5.41, 5.74) is 1.94. The van der Waals surface area contributed by atoms with Crippen LogP contribution in [0.3, 0.4) is 0 Å². The topological polar surface area (TPSA) is 64.2 Å². The maximum Gasteiger partial charge on any atom is 0.341 e. The number of ether oxygens (including phenoxy) is 2. The summed E-state index contributed by atoms with van der Waals surface area (Å²) >= 11 is 0. The Balaban J connectivity index is 2.32. The number of carbonyl (C=O) groups excluding carboxylic acids is 1. The zero-order valence-electron chi connectivity index (χ0n) is 10.3. The second-order valence-corrected chi connectivity index (χ2v) is 3.61. The van der Waals surface area contributed by atoms with Crippen molar-refractivity contribution in [2.45, 2.75) is 6.92 Å². The molecule has 0 aliphatic heterocycles. The quantitative estimate of drug-likeness (QED) is 0.840. The largest absolute Gasteiger partial charge is 0.497 e. The van der Waals surface area contributed by atoms with Gasteiger partial charge in [0.15, 0.2) is 0 Å². The van der Waals surface area contributed by atoms with Gasteiger partial charge in [-0.25, -0.2) is 4.79 Å². The minimum absolute atomic E-state index is 0.339. The van der Waals surface area contributed by atoms with Crippen LogP contribution >= 0.6 is 0 Å². The Morgan fingerprint density at radius 1 is 1.33 bits per heavy atom. The van der Waals surface area contributed by atoms with Crippen molar-refractivity contribution in [2.24, 2.45) is 0 Å². The number of carbonyl (C=O) groups is 1. The van der Waals surface area contributed by atoms with Gasteiger partial charge in [0.05, 0.1) is 25.6 Å². The highest BCUT2D eigenvalue weighted by molar-refractivity contribution is 5.95. The molecular formula is C13H14N2O3. The van der Waals surface area contributed by atoms with Gasteiger partial charge in [-0.2, -0.15) is 5.10 Å². The van der Waals surface area contributed by atoms with Gasteiger partial charge in [0, 0.05) is 5.56 Å². The van der Waals surface area contributed by atoms with Crippen molar-refractivity contribution in [3.05, 3.63) is 36.0 Å². The molecule has 94 valence electrons. The lowest BCUT2D eigenvalue weighted by atomic mass is 10.1. The first-order valence-electron chi connectivity index (χ1n) is 5.61. The molecule has 1 aromatic carbocycles. The van der Waals surface area contributed by atoms with Crippen molar-refractivity contribution in [1.82, 2.24) is 10.2 Å². The van der Waals surface area contributed by atoms with E-state index in [1.807, 2.05) is 24.3 Å². The van der Waals surface area contributed by atoms with Crippen molar-refractivity contribution >= 4 is 5.97 Å². The maximum atomic E-state index is 11.7. The molecule has 0 radical (unpaired) electrons. The summed E-state index contributed by atoms with van der Waals surface area (Å²) in [7, 11) is 1.61. The Morgan fingerprint density at radius 2 is 2.06 bits per heavy atom. The Bertz CT molecular complexity index is 531. The van der Waals surface area contributed by atoms with Crippen LogP contribution in [0.1, 0.15) is 17.3 Å². The average molecular weight is 246 g/mol. The van der Waals surface area contributed by atoms with Crippen LogP contribution in [0.25, 0.3) is 11.3 Å². The van der Waals surface area contributed by atoms with Crippen LogP contribution in [-0.4, -0.2) is 29.9 Å². The van der Waals surface area contributed by atoms with E-state index in [1.54, 1.807) is 14.0 Å². The van der Waals surface area contributed by atoms with Gasteiger partial charge < -0.3 is 9.47 Å². The van der Waals surface area contributed by atoms with Gasteiger partial charge in [-0.3, -0.25) is 5.10 Å². The van der Waals surface area contributed by atoms with Crippen molar-refractivity contribution in [3.8, 4) is 17.0 Å². The summed E-state index contributed by atoms with van der Waals surface area (Å²) in [6, 6.07) is 7.36. The van der Waals surface area contributed by atoms with E-state index in [9.17, 15) is 4.79 Å². The zero-order valence-corrected chi connectivity index (χ0v) is 10.3. The molecule has 2 aromatic rings. The number of H-pyrrole nitrogens is 1. The molecule has 5 nitrogen and oxygen atoms in total. The van der Waals surface area contributed by atoms with Crippen LogP contribution in [0.5, 0.6) is 5.75 Å². The number of aromatic nitrogens is 2. The predicted octanol–water partition coefficient (Wildman–Crippen LogP) is 2.26. The van der Waals surface area contributed by atoms with Crippen molar-refractivity contribution in [2.75, 3.05) is 13.7 Å². The second-order valence-electron chi connectivity index (χ2n) is 3.61. The standard InChI is InChI=1S/C13H14N2O3/c1-3-18-13(16)11-8-14-15-12(11)9-4-6-10(17-2)7-5-9/h4-8H,3H2,1-2H3,(H,14,15). The summed E-state index contributed by atoms with van der Waals surface area (Å²) in [6.07, 6.45) is 1.47. The normalized spacial score (nSPS) is 10.1. The fourth-order valence-corrected chi connectivity index (χ4v) is 1.63. The predicted molar refractivity (Wildman–Crippen MR) is 66.5 cm³/mol. The molecular weight excluding hydrogens is 232 g/mol. The summed E-state index contributed by atoms with van der Waals surface area (Å²) in [5.74, 6) is 0.382. The van der Waals surface area contributed by atoms with Crippen LogP contribution in [0.2, 0.25) is 0 Å².